The first-order valence-corrected chi connectivity index (χ1v) is 7.96. The quantitative estimate of drug-likeness (QED) is 0.793. The zero-order valence-electron chi connectivity index (χ0n) is 13.4. The monoisotopic (exact) mass is 327 g/mol. The van der Waals surface area contributed by atoms with E-state index in [1.54, 1.807) is 17.0 Å². The lowest BCUT2D eigenvalue weighted by atomic mass is 9.87. The van der Waals surface area contributed by atoms with Crippen LogP contribution in [-0.4, -0.2) is 35.4 Å². The van der Waals surface area contributed by atoms with Crippen LogP contribution in [0.4, 0.5) is 9.18 Å². The molecule has 1 aliphatic rings. The molecule has 0 aromatic heterocycles. The fraction of sp³-hybridized carbons (Fsp3) is 0.588. The zero-order chi connectivity index (χ0) is 16.4. The fourth-order valence-electron chi connectivity index (χ4n) is 2.56. The summed E-state index contributed by atoms with van der Waals surface area (Å²) in [6.07, 6.45) is 0.650. The molecule has 0 atom stereocenters. The van der Waals surface area contributed by atoms with Gasteiger partial charge in [0.25, 0.3) is 0 Å². The van der Waals surface area contributed by atoms with E-state index in [1.165, 1.54) is 0 Å². The molecule has 1 fully saturated rings. The Bertz CT molecular complexity index is 516. The lowest BCUT2D eigenvalue weighted by Crippen LogP contribution is -2.47. The Kier molecular flexibility index (Phi) is 5.00. The van der Waals surface area contributed by atoms with Gasteiger partial charge in [-0.15, -0.1) is 0 Å². The van der Waals surface area contributed by atoms with Gasteiger partial charge in [0.05, 0.1) is 0 Å². The third kappa shape index (κ3) is 4.87. The number of benzene rings is 1. The van der Waals surface area contributed by atoms with Gasteiger partial charge in [-0.3, -0.25) is 0 Å². The maximum atomic E-state index is 14.9. The van der Waals surface area contributed by atoms with E-state index < -0.39 is 11.3 Å². The van der Waals surface area contributed by atoms with Crippen molar-refractivity contribution in [2.45, 2.75) is 51.3 Å². The molecule has 0 N–H and O–H groups in total. The van der Waals surface area contributed by atoms with Crippen molar-refractivity contribution in [1.82, 2.24) is 4.90 Å². The summed E-state index contributed by atoms with van der Waals surface area (Å²) >= 11 is 5.84. The van der Waals surface area contributed by atoms with Crippen molar-refractivity contribution in [3.8, 4) is 0 Å². The van der Waals surface area contributed by atoms with Crippen LogP contribution in [0.15, 0.2) is 24.3 Å². The van der Waals surface area contributed by atoms with Crippen LogP contribution in [0.3, 0.4) is 0 Å². The molecule has 1 heterocycles. The molecule has 1 aromatic rings. The van der Waals surface area contributed by atoms with Gasteiger partial charge in [0.2, 0.25) is 0 Å². The number of halogens is 2. The molecule has 2 rings (SSSR count). The molecular formula is C17H23ClFNO2. The summed E-state index contributed by atoms with van der Waals surface area (Å²) in [7, 11) is 0. The minimum absolute atomic E-state index is 0.328. The Morgan fingerprint density at radius 1 is 1.27 bits per heavy atom. The van der Waals surface area contributed by atoms with E-state index in [0.29, 0.717) is 37.4 Å². The third-order valence-electron chi connectivity index (χ3n) is 3.75. The van der Waals surface area contributed by atoms with Crippen LogP contribution in [0.25, 0.3) is 0 Å². The van der Waals surface area contributed by atoms with Gasteiger partial charge in [0.15, 0.2) is 0 Å². The zero-order valence-corrected chi connectivity index (χ0v) is 14.1. The summed E-state index contributed by atoms with van der Waals surface area (Å²) in [5.74, 6) is 0. The number of hydrogen-bond donors (Lipinski definition) is 0. The van der Waals surface area contributed by atoms with Gasteiger partial charge in [-0.2, -0.15) is 0 Å². The average molecular weight is 328 g/mol. The smallest absolute Gasteiger partial charge is 0.410 e. The third-order valence-corrected chi connectivity index (χ3v) is 4.00. The second kappa shape index (κ2) is 6.45. The predicted octanol–water partition coefficient (Wildman–Crippen LogP) is 4.62. The maximum Gasteiger partial charge on any atom is 0.410 e. The number of amides is 1. The van der Waals surface area contributed by atoms with E-state index in [2.05, 4.69) is 0 Å². The first-order valence-electron chi connectivity index (χ1n) is 7.58. The summed E-state index contributed by atoms with van der Waals surface area (Å²) in [6, 6.07) is 7.25. The molecule has 0 saturated carbocycles. The van der Waals surface area contributed by atoms with Crippen molar-refractivity contribution in [2.24, 2.45) is 0 Å². The first kappa shape index (κ1) is 17.1. The molecule has 0 aliphatic carbocycles. The number of ether oxygens (including phenoxy) is 1. The molecular weight excluding hydrogens is 305 g/mol. The van der Waals surface area contributed by atoms with Crippen LogP contribution >= 0.6 is 11.6 Å². The van der Waals surface area contributed by atoms with E-state index in [-0.39, 0.29) is 6.09 Å². The van der Waals surface area contributed by atoms with Crippen molar-refractivity contribution in [1.29, 1.82) is 0 Å². The molecule has 1 amide bonds. The van der Waals surface area contributed by atoms with Crippen molar-refractivity contribution >= 4 is 17.7 Å². The highest BCUT2D eigenvalue weighted by Crippen LogP contribution is 2.31. The highest BCUT2D eigenvalue weighted by molar-refractivity contribution is 6.30. The maximum absolute atomic E-state index is 14.9. The number of carbonyl (C=O) groups excluding carboxylic acids is 1. The van der Waals surface area contributed by atoms with Gasteiger partial charge in [-0.25, -0.2) is 9.18 Å². The molecule has 5 heteroatoms. The Labute approximate surface area is 136 Å². The Hall–Kier alpha value is -1.29. The molecule has 1 aromatic carbocycles. The van der Waals surface area contributed by atoms with Gasteiger partial charge < -0.3 is 9.64 Å². The van der Waals surface area contributed by atoms with Crippen LogP contribution in [0, 0.1) is 0 Å². The molecule has 1 saturated heterocycles. The summed E-state index contributed by atoms with van der Waals surface area (Å²) in [5.41, 5.74) is -0.866. The molecule has 22 heavy (non-hydrogen) atoms. The number of alkyl halides is 1. The topological polar surface area (TPSA) is 29.5 Å². The highest BCUT2D eigenvalue weighted by atomic mass is 35.5. The van der Waals surface area contributed by atoms with Gasteiger partial charge in [0.1, 0.15) is 11.3 Å². The minimum atomic E-state index is -1.27. The molecule has 0 unspecified atom stereocenters. The Morgan fingerprint density at radius 2 is 1.82 bits per heavy atom. The number of hydrogen-bond acceptors (Lipinski definition) is 2. The molecule has 3 nitrogen and oxygen atoms in total. The van der Waals surface area contributed by atoms with Crippen molar-refractivity contribution < 1.29 is 13.9 Å². The lowest BCUT2D eigenvalue weighted by Gasteiger charge is -2.37. The molecule has 1 aliphatic heterocycles. The van der Waals surface area contributed by atoms with Gasteiger partial charge in [-0.05, 0) is 51.3 Å². The number of nitrogens with zero attached hydrogens (tertiary/aromatic N) is 1. The highest BCUT2D eigenvalue weighted by Gasteiger charge is 2.37. The van der Waals surface area contributed by atoms with Crippen LogP contribution < -0.4 is 0 Å². The van der Waals surface area contributed by atoms with Gasteiger partial charge in [0, 0.05) is 24.5 Å². The van der Waals surface area contributed by atoms with E-state index in [0.717, 1.165) is 5.56 Å². The van der Waals surface area contributed by atoms with E-state index in [4.69, 9.17) is 16.3 Å². The normalized spacial score (nSPS) is 18.1. The summed E-state index contributed by atoms with van der Waals surface area (Å²) in [4.78, 5) is 13.6. The van der Waals surface area contributed by atoms with Gasteiger partial charge in [-0.1, -0.05) is 23.7 Å². The number of likely N-dealkylation sites (tertiary alicyclic amines) is 1. The van der Waals surface area contributed by atoms with Gasteiger partial charge >= 0.3 is 6.09 Å². The summed E-state index contributed by atoms with van der Waals surface area (Å²) in [5, 5.41) is 0.649. The van der Waals surface area contributed by atoms with E-state index in [1.807, 2.05) is 32.9 Å². The largest absolute Gasteiger partial charge is 0.444 e. The fourth-order valence-corrected chi connectivity index (χ4v) is 2.69. The SMILES string of the molecule is CC(C)(C)OC(=O)N1CCC(F)(Cc2ccc(Cl)cc2)CC1. The van der Waals surface area contributed by atoms with Crippen molar-refractivity contribution in [2.75, 3.05) is 13.1 Å². The van der Waals surface area contributed by atoms with Crippen molar-refractivity contribution in [3.63, 3.8) is 0 Å². The lowest BCUT2D eigenvalue weighted by molar-refractivity contribution is 0.00340. The minimum Gasteiger partial charge on any atom is -0.444 e. The molecule has 122 valence electrons. The van der Waals surface area contributed by atoms with Crippen LogP contribution in [0.5, 0.6) is 0 Å². The Morgan fingerprint density at radius 3 is 2.32 bits per heavy atom. The number of rotatable bonds is 2. The summed E-state index contributed by atoms with van der Waals surface area (Å²) < 4.78 is 20.2. The van der Waals surface area contributed by atoms with E-state index >= 15 is 0 Å². The second-order valence-corrected chi connectivity index (χ2v) is 7.36. The van der Waals surface area contributed by atoms with Crippen LogP contribution in [0.1, 0.15) is 39.2 Å². The van der Waals surface area contributed by atoms with Crippen LogP contribution in [-0.2, 0) is 11.2 Å². The van der Waals surface area contributed by atoms with E-state index in [9.17, 15) is 9.18 Å². The first-order chi connectivity index (χ1) is 10.2. The molecule has 0 bridgehead atoms. The molecule has 0 radical (unpaired) electrons. The second-order valence-electron chi connectivity index (χ2n) is 6.92. The summed E-state index contributed by atoms with van der Waals surface area (Å²) in [6.45, 7) is 6.26. The molecule has 0 spiro atoms. The number of piperidine rings is 1. The predicted molar refractivity (Wildman–Crippen MR) is 86.0 cm³/mol. The number of carbonyl (C=O) groups is 1. The Balaban J connectivity index is 1.90. The standard InChI is InChI=1S/C17H23ClFNO2/c1-16(2,3)22-15(21)20-10-8-17(19,9-11-20)12-13-4-6-14(18)7-5-13/h4-7H,8-12H2,1-3H3. The van der Waals surface area contributed by atoms with Crippen LogP contribution in [0.2, 0.25) is 5.02 Å². The van der Waals surface area contributed by atoms with Crippen molar-refractivity contribution in [3.05, 3.63) is 34.9 Å². The average Bonchev–Trinajstić information content (AvgIpc) is 2.40.